The first-order valence-corrected chi connectivity index (χ1v) is 6.43. The van der Waals surface area contributed by atoms with Crippen LogP contribution in [0, 0.1) is 0 Å². The van der Waals surface area contributed by atoms with Gasteiger partial charge in [0, 0.05) is 28.0 Å². The Morgan fingerprint density at radius 1 is 1.06 bits per heavy atom. The smallest absolute Gasteiger partial charge is 0.190 e. The summed E-state index contributed by atoms with van der Waals surface area (Å²) in [7, 11) is 0. The van der Waals surface area contributed by atoms with Gasteiger partial charge in [-0.2, -0.15) is 11.8 Å². The van der Waals surface area contributed by atoms with Crippen molar-refractivity contribution in [1.82, 2.24) is 0 Å². The number of rotatable bonds is 2. The van der Waals surface area contributed by atoms with E-state index < -0.39 is 0 Å². The number of allylic oxidation sites excluding steroid dienone is 1. The Bertz CT molecular complexity index is 500. The van der Waals surface area contributed by atoms with E-state index in [0.717, 1.165) is 0 Å². The quantitative estimate of drug-likeness (QED) is 0.786. The summed E-state index contributed by atoms with van der Waals surface area (Å²) >= 11 is 1.56. The van der Waals surface area contributed by atoms with E-state index in [1.807, 2.05) is 6.26 Å². The van der Waals surface area contributed by atoms with Crippen molar-refractivity contribution in [2.75, 3.05) is 12.0 Å². The Hall–Kier alpha value is -1.35. The van der Waals surface area contributed by atoms with Crippen LogP contribution in [0.1, 0.15) is 27.6 Å². The highest BCUT2D eigenvalue weighted by Crippen LogP contribution is 2.27. The van der Waals surface area contributed by atoms with Crippen molar-refractivity contribution < 1.29 is 9.59 Å². The van der Waals surface area contributed by atoms with Gasteiger partial charge in [0.1, 0.15) is 0 Å². The number of thioether (sulfide) groups is 1. The molecule has 0 radical (unpaired) electrons. The maximum atomic E-state index is 12.1. The molecule has 0 aliphatic heterocycles. The van der Waals surface area contributed by atoms with Crippen LogP contribution in [0.25, 0.3) is 0 Å². The minimum absolute atomic E-state index is 0.00190. The maximum Gasteiger partial charge on any atom is 0.190 e. The molecule has 1 aliphatic carbocycles. The molecule has 0 spiro atoms. The number of hydrogen-bond acceptors (Lipinski definition) is 3. The molecule has 16 heavy (non-hydrogen) atoms. The molecule has 0 bridgehead atoms. The van der Waals surface area contributed by atoms with Gasteiger partial charge >= 0.3 is 0 Å². The van der Waals surface area contributed by atoms with E-state index in [2.05, 4.69) is 0 Å². The second-order valence-corrected chi connectivity index (χ2v) is 4.61. The van der Waals surface area contributed by atoms with Crippen molar-refractivity contribution in [3.63, 3.8) is 0 Å². The second-order valence-electron chi connectivity index (χ2n) is 3.74. The molecule has 1 aromatic rings. The second kappa shape index (κ2) is 4.26. The third-order valence-corrected chi connectivity index (χ3v) is 3.35. The summed E-state index contributed by atoms with van der Waals surface area (Å²) in [5.41, 5.74) is 2.33. The highest BCUT2D eigenvalue weighted by Gasteiger charge is 2.28. The average Bonchev–Trinajstić information content (AvgIpc) is 2.32. The van der Waals surface area contributed by atoms with Crippen LogP contribution in [-0.4, -0.2) is 23.6 Å². The topological polar surface area (TPSA) is 34.1 Å². The Labute approximate surface area is 98.7 Å². The van der Waals surface area contributed by atoms with E-state index in [9.17, 15) is 9.59 Å². The molecule has 1 aromatic carbocycles. The van der Waals surface area contributed by atoms with Crippen LogP contribution in [0.15, 0.2) is 35.4 Å². The van der Waals surface area contributed by atoms with Gasteiger partial charge in [0.2, 0.25) is 0 Å². The van der Waals surface area contributed by atoms with E-state index in [-0.39, 0.29) is 11.6 Å². The molecular formula is C13H12O2S. The molecule has 0 atom stereocenters. The van der Waals surface area contributed by atoms with E-state index in [1.165, 1.54) is 0 Å². The predicted molar refractivity (Wildman–Crippen MR) is 66.2 cm³/mol. The van der Waals surface area contributed by atoms with E-state index in [4.69, 9.17) is 0 Å². The number of fused-ring (bicyclic) bond motifs is 1. The first-order valence-electron chi connectivity index (χ1n) is 5.04. The van der Waals surface area contributed by atoms with Gasteiger partial charge in [-0.1, -0.05) is 24.3 Å². The van der Waals surface area contributed by atoms with Crippen molar-refractivity contribution in [1.29, 1.82) is 0 Å². The minimum Gasteiger partial charge on any atom is -0.289 e. The van der Waals surface area contributed by atoms with Crippen LogP contribution in [0.4, 0.5) is 0 Å². The normalized spacial score (nSPS) is 15.4. The van der Waals surface area contributed by atoms with Crippen molar-refractivity contribution in [3.05, 3.63) is 46.5 Å². The van der Waals surface area contributed by atoms with E-state index in [0.29, 0.717) is 28.0 Å². The summed E-state index contributed by atoms with van der Waals surface area (Å²) in [6, 6.07) is 7.02. The molecular weight excluding hydrogens is 220 g/mol. The third-order valence-electron chi connectivity index (χ3n) is 2.77. The van der Waals surface area contributed by atoms with Gasteiger partial charge in [0.15, 0.2) is 11.6 Å². The molecule has 0 saturated heterocycles. The number of hydrogen-bond donors (Lipinski definition) is 0. The largest absolute Gasteiger partial charge is 0.289 e. The van der Waals surface area contributed by atoms with Crippen LogP contribution in [0.5, 0.6) is 0 Å². The van der Waals surface area contributed by atoms with Crippen LogP contribution < -0.4 is 0 Å². The molecule has 0 amide bonds. The molecule has 0 unspecified atom stereocenters. The Morgan fingerprint density at radius 2 is 1.62 bits per heavy atom. The SMILES string of the molecule is CSCC1=C(C)C(=O)c2ccccc2C1=O. The molecule has 0 heterocycles. The van der Waals surface area contributed by atoms with Gasteiger partial charge < -0.3 is 0 Å². The summed E-state index contributed by atoms with van der Waals surface area (Å²) in [6.45, 7) is 1.74. The van der Waals surface area contributed by atoms with Crippen LogP contribution in [-0.2, 0) is 0 Å². The molecule has 0 saturated carbocycles. The molecule has 82 valence electrons. The molecule has 1 aliphatic rings. The number of carbonyl (C=O) groups excluding carboxylic acids is 2. The summed E-state index contributed by atoms with van der Waals surface area (Å²) < 4.78 is 0. The van der Waals surface area contributed by atoms with E-state index >= 15 is 0 Å². The first kappa shape index (κ1) is 11.1. The molecule has 2 nitrogen and oxygen atoms in total. The third kappa shape index (κ3) is 1.61. The lowest BCUT2D eigenvalue weighted by Crippen LogP contribution is -2.21. The number of benzene rings is 1. The zero-order chi connectivity index (χ0) is 11.7. The van der Waals surface area contributed by atoms with Crippen molar-refractivity contribution in [2.45, 2.75) is 6.92 Å². The number of carbonyl (C=O) groups is 2. The number of Topliss-reactive ketones (excluding diaryl/α,β-unsaturated/α-hetero) is 2. The lowest BCUT2D eigenvalue weighted by Gasteiger charge is -2.18. The highest BCUT2D eigenvalue weighted by atomic mass is 32.2. The van der Waals surface area contributed by atoms with Crippen molar-refractivity contribution in [3.8, 4) is 0 Å². The first-order chi connectivity index (χ1) is 7.66. The Morgan fingerprint density at radius 3 is 2.19 bits per heavy atom. The molecule has 0 N–H and O–H groups in total. The Balaban J connectivity index is 2.58. The summed E-state index contributed by atoms with van der Waals surface area (Å²) in [6.07, 6.45) is 1.93. The molecule has 0 fully saturated rings. The molecule has 3 heteroatoms. The monoisotopic (exact) mass is 232 g/mol. The van der Waals surface area contributed by atoms with Gasteiger partial charge in [0.25, 0.3) is 0 Å². The average molecular weight is 232 g/mol. The highest BCUT2D eigenvalue weighted by molar-refractivity contribution is 7.98. The standard InChI is InChI=1S/C13H12O2S/c1-8-11(7-16-2)13(15)10-6-4-3-5-9(10)12(8)14/h3-6H,7H2,1-2H3. The fourth-order valence-electron chi connectivity index (χ4n) is 1.87. The summed E-state index contributed by atoms with van der Waals surface area (Å²) in [5.74, 6) is 0.589. The zero-order valence-electron chi connectivity index (χ0n) is 9.24. The molecule has 2 rings (SSSR count). The van der Waals surface area contributed by atoms with Gasteiger partial charge in [-0.3, -0.25) is 9.59 Å². The lowest BCUT2D eigenvalue weighted by atomic mass is 9.85. The van der Waals surface area contributed by atoms with Gasteiger partial charge in [-0.25, -0.2) is 0 Å². The van der Waals surface area contributed by atoms with Gasteiger partial charge in [-0.15, -0.1) is 0 Å². The van der Waals surface area contributed by atoms with Crippen LogP contribution in [0.2, 0.25) is 0 Å². The van der Waals surface area contributed by atoms with E-state index in [1.54, 1.807) is 43.0 Å². The van der Waals surface area contributed by atoms with Gasteiger partial charge in [0.05, 0.1) is 0 Å². The lowest BCUT2D eigenvalue weighted by molar-refractivity contribution is 0.0975. The molecule has 0 aromatic heterocycles. The summed E-state index contributed by atoms with van der Waals surface area (Å²) in [4.78, 5) is 24.2. The maximum absolute atomic E-state index is 12.1. The fourth-order valence-corrected chi connectivity index (χ4v) is 2.51. The minimum atomic E-state index is -0.0146. The fraction of sp³-hybridized carbons (Fsp3) is 0.231. The van der Waals surface area contributed by atoms with Crippen LogP contribution >= 0.6 is 11.8 Å². The van der Waals surface area contributed by atoms with Crippen LogP contribution in [0.3, 0.4) is 0 Å². The van der Waals surface area contributed by atoms with Gasteiger partial charge in [-0.05, 0) is 13.2 Å². The number of ketones is 2. The Kier molecular flexibility index (Phi) is 2.97. The zero-order valence-corrected chi connectivity index (χ0v) is 10.1. The summed E-state index contributed by atoms with van der Waals surface area (Å²) in [5, 5.41) is 0. The van der Waals surface area contributed by atoms with Crippen molar-refractivity contribution in [2.24, 2.45) is 0 Å². The predicted octanol–water partition coefficient (Wildman–Crippen LogP) is 2.75. The van der Waals surface area contributed by atoms with Crippen molar-refractivity contribution >= 4 is 23.3 Å².